The third-order valence-electron chi connectivity index (χ3n) is 8.56. The molecule has 6 unspecified atom stereocenters. The van der Waals surface area contributed by atoms with Gasteiger partial charge in [-0.05, 0) is 49.3 Å². The Morgan fingerprint density at radius 1 is 1.05 bits per heavy atom. The highest BCUT2D eigenvalue weighted by atomic mass is 16.5. The zero-order valence-corrected chi connectivity index (χ0v) is 23.1. The topological polar surface area (TPSA) is 214 Å². The van der Waals surface area contributed by atoms with Gasteiger partial charge in [0.2, 0.25) is 5.78 Å². The predicted molar refractivity (Wildman–Crippen MR) is 149 cm³/mol. The van der Waals surface area contributed by atoms with Crippen LogP contribution in [-0.2, 0) is 30.3 Å². The molecular formula is C30H31N3O9. The molecule has 0 radical (unpaired) electrons. The Balaban J connectivity index is 1.76. The van der Waals surface area contributed by atoms with Crippen molar-refractivity contribution in [1.29, 1.82) is 0 Å². The number of ether oxygens (including phenoxy) is 1. The van der Waals surface area contributed by atoms with Crippen LogP contribution >= 0.6 is 0 Å². The fraction of sp³-hybridized carbons (Fsp3) is 0.333. The number of rotatable bonds is 5. The molecule has 2 aromatic carbocycles. The van der Waals surface area contributed by atoms with Crippen molar-refractivity contribution in [2.45, 2.75) is 37.0 Å². The van der Waals surface area contributed by atoms with Gasteiger partial charge in [-0.2, -0.15) is 0 Å². The lowest BCUT2D eigenvalue weighted by Crippen LogP contribution is -2.71. The van der Waals surface area contributed by atoms with Crippen LogP contribution < -0.4 is 11.5 Å². The molecule has 5 rings (SSSR count). The van der Waals surface area contributed by atoms with Gasteiger partial charge in [-0.3, -0.25) is 24.1 Å². The summed E-state index contributed by atoms with van der Waals surface area (Å²) < 4.78 is 6.00. The van der Waals surface area contributed by atoms with E-state index in [1.54, 1.807) is 43.3 Å². The van der Waals surface area contributed by atoms with E-state index in [1.165, 1.54) is 25.1 Å². The molecule has 2 aromatic rings. The van der Waals surface area contributed by atoms with Crippen molar-refractivity contribution >= 4 is 34.9 Å². The number of anilines is 1. The summed E-state index contributed by atoms with van der Waals surface area (Å²) in [7, 11) is 2.92. The number of phenols is 1. The van der Waals surface area contributed by atoms with Gasteiger partial charge in [-0.15, -0.1) is 0 Å². The van der Waals surface area contributed by atoms with Crippen LogP contribution in [0.2, 0.25) is 0 Å². The maximum atomic E-state index is 14.2. The number of carbonyl (C=O) groups excluding carboxylic acids is 4. The first-order valence-corrected chi connectivity index (χ1v) is 13.2. The van der Waals surface area contributed by atoms with E-state index in [0.29, 0.717) is 16.8 Å². The largest absolute Gasteiger partial charge is 0.508 e. The summed E-state index contributed by atoms with van der Waals surface area (Å²) in [5.41, 5.74) is 8.14. The summed E-state index contributed by atoms with van der Waals surface area (Å²) in [6, 6.07) is 9.48. The summed E-state index contributed by atoms with van der Waals surface area (Å²) in [6.45, 7) is 1.69. The number of likely N-dealkylation sites (N-methyl/N-ethyl adjacent to an activating group) is 1. The van der Waals surface area contributed by atoms with E-state index in [1.807, 2.05) is 0 Å². The van der Waals surface area contributed by atoms with Crippen molar-refractivity contribution in [3.8, 4) is 5.75 Å². The Labute approximate surface area is 240 Å². The smallest absolute Gasteiger partial charge is 0.310 e. The number of hydrogen-bond acceptors (Lipinski definition) is 11. The minimum Gasteiger partial charge on any atom is -0.508 e. The molecule has 0 aromatic heterocycles. The molecular weight excluding hydrogens is 546 g/mol. The highest BCUT2D eigenvalue weighted by Gasteiger charge is 2.69. The van der Waals surface area contributed by atoms with E-state index in [-0.39, 0.29) is 17.7 Å². The highest BCUT2D eigenvalue weighted by molar-refractivity contribution is 6.24. The summed E-state index contributed by atoms with van der Waals surface area (Å²) in [6.07, 6.45) is -1.72. The van der Waals surface area contributed by atoms with E-state index in [0.717, 1.165) is 0 Å². The predicted octanol–water partition coefficient (Wildman–Crippen LogP) is 0.872. The van der Waals surface area contributed by atoms with Crippen LogP contribution in [0.1, 0.15) is 29.5 Å². The molecule has 0 aliphatic heterocycles. The lowest BCUT2D eigenvalue weighted by atomic mass is 9.54. The van der Waals surface area contributed by atoms with Gasteiger partial charge >= 0.3 is 5.97 Å². The Morgan fingerprint density at radius 2 is 1.69 bits per heavy atom. The molecule has 0 bridgehead atoms. The number of primary amides is 1. The second-order valence-electron chi connectivity index (χ2n) is 11.2. The van der Waals surface area contributed by atoms with Crippen molar-refractivity contribution < 1.29 is 44.3 Å². The number of nitrogen functional groups attached to an aromatic ring is 1. The van der Waals surface area contributed by atoms with E-state index in [2.05, 4.69) is 0 Å². The first-order chi connectivity index (χ1) is 19.7. The monoisotopic (exact) mass is 577 g/mol. The third-order valence-corrected chi connectivity index (χ3v) is 8.56. The molecule has 0 heterocycles. The second kappa shape index (κ2) is 10.00. The molecule has 12 nitrogen and oxygen atoms in total. The van der Waals surface area contributed by atoms with E-state index >= 15 is 0 Å². The lowest BCUT2D eigenvalue weighted by Gasteiger charge is -2.54. The van der Waals surface area contributed by atoms with Gasteiger partial charge in [-0.1, -0.05) is 31.2 Å². The Kier molecular flexibility index (Phi) is 6.86. The van der Waals surface area contributed by atoms with E-state index in [9.17, 15) is 39.6 Å². The fourth-order valence-electron chi connectivity index (χ4n) is 6.68. The standard InChI is InChI=1S/C30H31N3O9/c1-12-15-5-4-6-16(34)19(15)24(36)20-18(12)26(42-17(35)11-13-7-9-14(31)10-8-13)22-23(33(2)3)25(37)21(29(32)40)28(39)30(22,41)27(20)38/h4-10,12,18,22-23,26,34,36,39,41H,11,31H2,1-3H3,(H2,32,40). The molecule has 1 fully saturated rings. The third kappa shape index (κ3) is 4.05. The second-order valence-corrected chi connectivity index (χ2v) is 11.2. The van der Waals surface area contributed by atoms with Crippen molar-refractivity contribution in [2.24, 2.45) is 17.6 Å². The van der Waals surface area contributed by atoms with Crippen LogP contribution in [0, 0.1) is 11.8 Å². The van der Waals surface area contributed by atoms with Crippen LogP contribution in [0.5, 0.6) is 5.75 Å². The lowest BCUT2D eigenvalue weighted by molar-refractivity contribution is -0.185. The van der Waals surface area contributed by atoms with Gasteiger partial charge in [0.15, 0.2) is 11.4 Å². The maximum absolute atomic E-state index is 14.2. The number of Topliss-reactive ketones (excluding diaryl/α,β-unsaturated/α-hetero) is 2. The van der Waals surface area contributed by atoms with Crippen LogP contribution in [0.4, 0.5) is 5.69 Å². The van der Waals surface area contributed by atoms with E-state index in [4.69, 9.17) is 16.2 Å². The quantitative estimate of drug-likeness (QED) is 0.167. The van der Waals surface area contributed by atoms with Gasteiger partial charge in [-0.25, -0.2) is 0 Å². The van der Waals surface area contributed by atoms with Crippen molar-refractivity contribution in [2.75, 3.05) is 19.8 Å². The average Bonchev–Trinajstić information content (AvgIpc) is 2.91. The SMILES string of the molecule is CC1c2cccc(O)c2C(O)=C2C(=O)C3(O)C(O)=C(C(N)=O)C(=O)C(N(C)C)C3C(OC(=O)Cc3ccc(N)cc3)C21. The molecule has 3 aliphatic carbocycles. The number of benzene rings is 2. The highest BCUT2D eigenvalue weighted by Crippen LogP contribution is 2.56. The number of carbonyl (C=O) groups is 4. The number of fused-ring (bicyclic) bond motifs is 3. The molecule has 6 atom stereocenters. The number of nitrogens with two attached hydrogens (primary N) is 2. The van der Waals surface area contributed by atoms with Gasteiger partial charge in [0, 0.05) is 17.2 Å². The number of nitrogens with zero attached hydrogens (tertiary/aromatic N) is 1. The number of aromatic hydroxyl groups is 1. The molecule has 3 aliphatic rings. The summed E-state index contributed by atoms with van der Waals surface area (Å²) in [4.78, 5) is 54.9. The Bertz CT molecular complexity index is 1590. The van der Waals surface area contributed by atoms with Gasteiger partial charge < -0.3 is 36.6 Å². The maximum Gasteiger partial charge on any atom is 0.310 e. The van der Waals surface area contributed by atoms with Crippen molar-refractivity contribution in [3.63, 3.8) is 0 Å². The van der Waals surface area contributed by atoms with Gasteiger partial charge in [0.1, 0.15) is 28.9 Å². The molecule has 220 valence electrons. The van der Waals surface area contributed by atoms with Crippen molar-refractivity contribution in [3.05, 3.63) is 76.1 Å². The first-order valence-electron chi connectivity index (χ1n) is 13.2. The molecule has 8 N–H and O–H groups in total. The number of aliphatic hydroxyl groups excluding tert-OH is 2. The summed E-state index contributed by atoms with van der Waals surface area (Å²) in [5, 5.41) is 45.3. The number of hydrogen-bond donors (Lipinski definition) is 6. The summed E-state index contributed by atoms with van der Waals surface area (Å²) in [5.74, 6) is -10.1. The zero-order valence-electron chi connectivity index (χ0n) is 23.1. The average molecular weight is 578 g/mol. The molecule has 0 spiro atoms. The molecule has 1 amide bonds. The number of aliphatic hydroxyl groups is 3. The number of amides is 1. The fourth-order valence-corrected chi connectivity index (χ4v) is 6.68. The molecule has 1 saturated carbocycles. The zero-order chi connectivity index (χ0) is 30.8. The minimum atomic E-state index is -3.00. The van der Waals surface area contributed by atoms with Crippen LogP contribution in [-0.4, -0.2) is 80.6 Å². The number of phenolic OH excluding ortho intramolecular Hbond substituents is 1. The number of esters is 1. The molecule has 0 saturated heterocycles. The molecule has 12 heteroatoms. The van der Waals surface area contributed by atoms with Crippen LogP contribution in [0.25, 0.3) is 5.76 Å². The van der Waals surface area contributed by atoms with E-state index < -0.39 is 81.6 Å². The first kappa shape index (κ1) is 28.8. The Hall–Kier alpha value is -4.68. The summed E-state index contributed by atoms with van der Waals surface area (Å²) >= 11 is 0. The normalized spacial score (nSPS) is 28.7. The van der Waals surface area contributed by atoms with Gasteiger partial charge in [0.05, 0.1) is 23.9 Å². The van der Waals surface area contributed by atoms with Crippen molar-refractivity contribution in [1.82, 2.24) is 4.90 Å². The molecule has 42 heavy (non-hydrogen) atoms. The van der Waals surface area contributed by atoms with Crippen LogP contribution in [0.15, 0.2) is 59.4 Å². The van der Waals surface area contributed by atoms with Gasteiger partial charge in [0.25, 0.3) is 5.91 Å². The number of ketones is 2. The minimum absolute atomic E-state index is 0.0618. The van der Waals surface area contributed by atoms with Crippen LogP contribution in [0.3, 0.4) is 0 Å². The Morgan fingerprint density at radius 3 is 2.29 bits per heavy atom.